The van der Waals surface area contributed by atoms with E-state index in [1.54, 1.807) is 15.8 Å². The highest BCUT2D eigenvalue weighted by Gasteiger charge is 2.38. The van der Waals surface area contributed by atoms with E-state index in [9.17, 15) is 14.7 Å². The van der Waals surface area contributed by atoms with Crippen molar-refractivity contribution >= 4 is 23.4 Å². The number of ether oxygens (including phenoxy) is 1. The predicted octanol–water partition coefficient (Wildman–Crippen LogP) is 5.32. The highest BCUT2D eigenvalue weighted by Crippen LogP contribution is 2.38. The molecule has 2 aliphatic carbocycles. The number of allylic oxidation sites excluding steroid dienone is 2. The van der Waals surface area contributed by atoms with E-state index >= 15 is 0 Å². The summed E-state index contributed by atoms with van der Waals surface area (Å²) in [6.45, 7) is 7.29. The Morgan fingerprint density at radius 2 is 1.94 bits per heavy atom. The van der Waals surface area contributed by atoms with Crippen LogP contribution in [0.15, 0.2) is 12.3 Å². The number of hydrogen-bond acceptors (Lipinski definition) is 4. The summed E-state index contributed by atoms with van der Waals surface area (Å²) < 4.78 is 7.67. The molecule has 1 aromatic rings. The molecule has 1 N–H and O–H groups in total. The Hall–Kier alpha value is -2.15. The fraction of sp³-hybridized carbons (Fsp3) is 0.720. The summed E-state index contributed by atoms with van der Waals surface area (Å²) >= 11 is 0. The van der Waals surface area contributed by atoms with E-state index in [-0.39, 0.29) is 28.6 Å². The van der Waals surface area contributed by atoms with Gasteiger partial charge < -0.3 is 9.84 Å². The molecule has 0 spiro atoms. The van der Waals surface area contributed by atoms with Crippen LogP contribution in [0.2, 0.25) is 0 Å². The molecule has 1 saturated carbocycles. The molecule has 3 aliphatic rings. The van der Waals surface area contributed by atoms with Crippen molar-refractivity contribution in [1.82, 2.24) is 9.78 Å². The fourth-order valence-electron chi connectivity index (χ4n) is 5.13. The number of amides is 1. The van der Waals surface area contributed by atoms with Crippen LogP contribution in [-0.4, -0.2) is 39.6 Å². The number of carbonyl (C=O) groups is 2. The predicted molar refractivity (Wildman–Crippen MR) is 123 cm³/mol. The monoisotopic (exact) mass is 443 g/mol. The Bertz CT molecular complexity index is 874. The molecule has 1 unspecified atom stereocenters. The lowest BCUT2D eigenvalue weighted by molar-refractivity contribution is -0.127. The van der Waals surface area contributed by atoms with Crippen LogP contribution in [0.3, 0.4) is 0 Å². The molecule has 2 heterocycles. The van der Waals surface area contributed by atoms with Crippen molar-refractivity contribution < 1.29 is 19.4 Å². The van der Waals surface area contributed by atoms with Crippen LogP contribution in [0, 0.1) is 17.3 Å². The maximum absolute atomic E-state index is 13.7. The second kappa shape index (κ2) is 9.38. The van der Waals surface area contributed by atoms with Crippen molar-refractivity contribution in [2.75, 3.05) is 11.5 Å². The number of carboxylic acids is 1. The molecular weight excluding hydrogens is 406 g/mol. The van der Waals surface area contributed by atoms with E-state index in [2.05, 4.69) is 26.8 Å². The molecule has 176 valence electrons. The van der Waals surface area contributed by atoms with Crippen LogP contribution >= 0.6 is 0 Å². The minimum atomic E-state index is -1.06. The van der Waals surface area contributed by atoms with Gasteiger partial charge in [0.05, 0.1) is 0 Å². The van der Waals surface area contributed by atoms with Crippen LogP contribution in [-0.2, 0) is 9.53 Å². The minimum absolute atomic E-state index is 0.0321. The van der Waals surface area contributed by atoms with Crippen molar-refractivity contribution in [2.24, 2.45) is 17.3 Å². The van der Waals surface area contributed by atoms with E-state index in [1.165, 1.54) is 0 Å². The minimum Gasteiger partial charge on any atom is -0.477 e. The molecule has 0 radical (unpaired) electrons. The first-order valence-corrected chi connectivity index (χ1v) is 12.2. The van der Waals surface area contributed by atoms with Gasteiger partial charge in [0.15, 0.2) is 5.82 Å². The number of rotatable bonds is 5. The molecule has 7 nitrogen and oxygen atoms in total. The quantitative estimate of drug-likeness (QED) is 0.666. The van der Waals surface area contributed by atoms with Gasteiger partial charge in [-0.1, -0.05) is 26.8 Å². The topological polar surface area (TPSA) is 84.7 Å². The van der Waals surface area contributed by atoms with E-state index in [0.29, 0.717) is 18.9 Å². The largest absolute Gasteiger partial charge is 0.477 e. The Labute approximate surface area is 190 Å². The zero-order chi connectivity index (χ0) is 22.9. The van der Waals surface area contributed by atoms with E-state index in [0.717, 1.165) is 63.5 Å². The number of aromatic carboxylic acids is 1. The number of anilines is 1. The van der Waals surface area contributed by atoms with Gasteiger partial charge in [-0.3, -0.25) is 9.69 Å². The van der Waals surface area contributed by atoms with Gasteiger partial charge in [0, 0.05) is 24.4 Å². The van der Waals surface area contributed by atoms with Crippen LogP contribution in [0.4, 0.5) is 5.82 Å². The molecule has 0 bridgehead atoms. The summed E-state index contributed by atoms with van der Waals surface area (Å²) in [4.78, 5) is 27.5. The third kappa shape index (κ3) is 4.92. The van der Waals surface area contributed by atoms with Gasteiger partial charge in [-0.05, 0) is 75.5 Å². The van der Waals surface area contributed by atoms with E-state index in [4.69, 9.17) is 9.84 Å². The van der Waals surface area contributed by atoms with Crippen LogP contribution in [0.25, 0.3) is 5.70 Å². The van der Waals surface area contributed by atoms with Gasteiger partial charge in [0.1, 0.15) is 11.8 Å². The summed E-state index contributed by atoms with van der Waals surface area (Å²) in [5.41, 5.74) is 1.31. The van der Waals surface area contributed by atoms with Gasteiger partial charge in [0.25, 0.3) is 0 Å². The lowest BCUT2D eigenvalue weighted by Gasteiger charge is -2.36. The fourth-order valence-corrected chi connectivity index (χ4v) is 5.13. The van der Waals surface area contributed by atoms with Crippen LogP contribution in [0.5, 0.6) is 0 Å². The standard InChI is InChI=1S/C25H37N3O4/c1-17-7-9-18(10-8-17)23(29)28(21-6-4-5-15-32-21)22-20(24(30)31)16-27(26-22)19-11-13-25(2,3)14-12-19/h11,16-18,21H,4-10,12-15H2,1-3H3,(H,30,31)/t17-,18-,21?. The summed E-state index contributed by atoms with van der Waals surface area (Å²) in [6.07, 6.45) is 12.4. The van der Waals surface area contributed by atoms with Gasteiger partial charge >= 0.3 is 5.97 Å². The Morgan fingerprint density at radius 3 is 2.53 bits per heavy atom. The van der Waals surface area contributed by atoms with Crippen molar-refractivity contribution in [1.29, 1.82) is 0 Å². The highest BCUT2D eigenvalue weighted by molar-refractivity contribution is 6.01. The molecule has 32 heavy (non-hydrogen) atoms. The normalized spacial score (nSPS) is 28.1. The first kappa shape index (κ1) is 23.0. The third-order valence-corrected chi connectivity index (χ3v) is 7.44. The maximum Gasteiger partial charge on any atom is 0.341 e. The lowest BCUT2D eigenvalue weighted by Crippen LogP contribution is -2.48. The zero-order valence-corrected chi connectivity index (χ0v) is 19.7. The Kier molecular flexibility index (Phi) is 6.75. The summed E-state index contributed by atoms with van der Waals surface area (Å²) in [6, 6.07) is 0. The lowest BCUT2D eigenvalue weighted by atomic mass is 9.80. The SMILES string of the molecule is CC1(C)CC=C(n2cc(C(=O)O)c(N(C(=O)[C@H]3CC[C@H](C)CC3)C3CCCCO3)n2)CC1. The van der Waals surface area contributed by atoms with Crippen LogP contribution < -0.4 is 4.90 Å². The van der Waals surface area contributed by atoms with Crippen LogP contribution in [0.1, 0.15) is 95.3 Å². The maximum atomic E-state index is 13.7. The molecule has 2 fully saturated rings. The van der Waals surface area contributed by atoms with Crippen molar-refractivity contribution in [3.05, 3.63) is 17.8 Å². The number of aromatic nitrogens is 2. The highest BCUT2D eigenvalue weighted by atomic mass is 16.5. The van der Waals surface area contributed by atoms with Gasteiger partial charge in [-0.2, -0.15) is 0 Å². The van der Waals surface area contributed by atoms with Crippen molar-refractivity contribution in [3.63, 3.8) is 0 Å². The van der Waals surface area contributed by atoms with Crippen molar-refractivity contribution in [3.8, 4) is 0 Å². The second-order valence-electron chi connectivity index (χ2n) is 10.7. The van der Waals surface area contributed by atoms with E-state index in [1.807, 2.05) is 0 Å². The second-order valence-corrected chi connectivity index (χ2v) is 10.7. The summed E-state index contributed by atoms with van der Waals surface area (Å²) in [5, 5.41) is 14.7. The molecule has 1 amide bonds. The van der Waals surface area contributed by atoms with Crippen molar-refractivity contribution in [2.45, 2.75) is 91.2 Å². The van der Waals surface area contributed by atoms with Gasteiger partial charge in [-0.15, -0.1) is 5.10 Å². The Balaban J connectivity index is 1.69. The molecule has 4 rings (SSSR count). The average molecular weight is 444 g/mol. The number of carboxylic acid groups (broad SMARTS) is 1. The summed E-state index contributed by atoms with van der Waals surface area (Å²) in [7, 11) is 0. The molecule has 7 heteroatoms. The molecule has 1 aliphatic heterocycles. The number of hydrogen-bond donors (Lipinski definition) is 1. The third-order valence-electron chi connectivity index (χ3n) is 7.44. The number of nitrogens with zero attached hydrogens (tertiary/aromatic N) is 3. The smallest absolute Gasteiger partial charge is 0.341 e. The molecule has 1 saturated heterocycles. The Morgan fingerprint density at radius 1 is 1.19 bits per heavy atom. The summed E-state index contributed by atoms with van der Waals surface area (Å²) in [5.74, 6) is -0.323. The first-order valence-electron chi connectivity index (χ1n) is 12.2. The van der Waals surface area contributed by atoms with Gasteiger partial charge in [-0.25, -0.2) is 9.48 Å². The average Bonchev–Trinajstić information content (AvgIpc) is 3.20. The molecular formula is C25H37N3O4. The first-order chi connectivity index (χ1) is 15.2. The van der Waals surface area contributed by atoms with Gasteiger partial charge in [0.2, 0.25) is 5.91 Å². The zero-order valence-electron chi connectivity index (χ0n) is 19.7. The molecule has 1 aromatic heterocycles. The van der Waals surface area contributed by atoms with E-state index < -0.39 is 12.2 Å². The molecule has 0 aromatic carbocycles. The molecule has 1 atom stereocenters. The number of carbonyl (C=O) groups excluding carboxylic acids is 1.